The summed E-state index contributed by atoms with van der Waals surface area (Å²) in [6.07, 6.45) is 5.40. The Hall–Kier alpha value is -2.01. The standard InChI is InChI=1S/C19H18F2N2S/c1-19(7-6-11-8-12(20)9-15(21)17(11)19)14-10-22-18-13(14)4-3-5-16(18)23-24-2/h3-5,8-10,22-23H,6-7H2,1-2H3. The fraction of sp³-hybridized carbons (Fsp3) is 0.263. The van der Waals surface area contributed by atoms with Gasteiger partial charge in [-0.15, -0.1) is 0 Å². The Bertz CT molecular complexity index is 935. The Morgan fingerprint density at radius 2 is 2.08 bits per heavy atom. The van der Waals surface area contributed by atoms with Crippen LogP contribution in [-0.2, 0) is 11.8 Å². The van der Waals surface area contributed by atoms with Crippen molar-refractivity contribution in [1.29, 1.82) is 0 Å². The van der Waals surface area contributed by atoms with Gasteiger partial charge in [-0.1, -0.05) is 31.0 Å². The van der Waals surface area contributed by atoms with Crippen molar-refractivity contribution in [3.8, 4) is 0 Å². The summed E-state index contributed by atoms with van der Waals surface area (Å²) in [5, 5.41) is 1.08. The summed E-state index contributed by atoms with van der Waals surface area (Å²) in [6, 6.07) is 8.53. The van der Waals surface area contributed by atoms with Crippen molar-refractivity contribution in [2.75, 3.05) is 11.0 Å². The molecular formula is C19H18F2N2S. The number of hydrogen-bond acceptors (Lipinski definition) is 2. The quantitative estimate of drug-likeness (QED) is 0.624. The SMILES string of the molecule is CSNc1cccc2c(C3(C)CCc4cc(F)cc(F)c43)c[nH]c12. The van der Waals surface area contributed by atoms with Gasteiger partial charge in [0.25, 0.3) is 0 Å². The van der Waals surface area contributed by atoms with Crippen molar-refractivity contribution in [2.45, 2.75) is 25.2 Å². The van der Waals surface area contributed by atoms with E-state index in [2.05, 4.69) is 22.7 Å². The van der Waals surface area contributed by atoms with Crippen molar-refractivity contribution in [2.24, 2.45) is 0 Å². The van der Waals surface area contributed by atoms with Crippen molar-refractivity contribution in [3.63, 3.8) is 0 Å². The highest BCUT2D eigenvalue weighted by molar-refractivity contribution is 7.99. The minimum absolute atomic E-state index is 0.447. The largest absolute Gasteiger partial charge is 0.359 e. The van der Waals surface area contributed by atoms with Gasteiger partial charge in [0.1, 0.15) is 11.6 Å². The maximum atomic E-state index is 14.6. The van der Waals surface area contributed by atoms with Crippen LogP contribution in [0.3, 0.4) is 0 Å². The average Bonchev–Trinajstić information content (AvgIpc) is 3.11. The van der Waals surface area contributed by atoms with E-state index in [4.69, 9.17) is 0 Å². The molecule has 0 spiro atoms. The first-order valence-corrected chi connectivity index (χ1v) is 9.15. The molecule has 0 amide bonds. The van der Waals surface area contributed by atoms with Crippen LogP contribution in [0.1, 0.15) is 30.0 Å². The number of aromatic nitrogens is 1. The predicted molar refractivity (Wildman–Crippen MR) is 96.6 cm³/mol. The number of H-pyrrole nitrogens is 1. The molecule has 1 aliphatic rings. The number of aromatic amines is 1. The molecule has 0 radical (unpaired) electrons. The predicted octanol–water partition coefficient (Wildman–Crippen LogP) is 5.39. The third-order valence-electron chi connectivity index (χ3n) is 5.10. The van der Waals surface area contributed by atoms with Gasteiger partial charge in [0, 0.05) is 34.9 Å². The third-order valence-corrected chi connectivity index (χ3v) is 5.53. The van der Waals surface area contributed by atoms with E-state index < -0.39 is 17.0 Å². The number of benzene rings is 2. The van der Waals surface area contributed by atoms with Gasteiger partial charge in [-0.2, -0.15) is 0 Å². The summed E-state index contributed by atoms with van der Waals surface area (Å²) in [6.45, 7) is 2.05. The number of nitrogens with one attached hydrogen (secondary N) is 2. The zero-order valence-electron chi connectivity index (χ0n) is 13.5. The number of rotatable bonds is 3. The molecule has 0 aliphatic heterocycles. The summed E-state index contributed by atoms with van der Waals surface area (Å²) in [5.74, 6) is -0.946. The Kier molecular flexibility index (Phi) is 3.57. The molecule has 4 rings (SSSR count). The number of fused-ring (bicyclic) bond motifs is 2. The van der Waals surface area contributed by atoms with Crippen LogP contribution in [0.15, 0.2) is 36.5 Å². The maximum absolute atomic E-state index is 14.6. The van der Waals surface area contributed by atoms with E-state index >= 15 is 0 Å². The lowest BCUT2D eigenvalue weighted by molar-refractivity contribution is 0.516. The van der Waals surface area contributed by atoms with Crippen molar-refractivity contribution in [3.05, 3.63) is 64.9 Å². The molecule has 0 fully saturated rings. The number of hydrogen-bond donors (Lipinski definition) is 2. The molecule has 0 bridgehead atoms. The second-order valence-corrected chi connectivity index (χ2v) is 7.10. The minimum Gasteiger partial charge on any atom is -0.359 e. The van der Waals surface area contributed by atoms with Gasteiger partial charge >= 0.3 is 0 Å². The number of anilines is 1. The zero-order chi connectivity index (χ0) is 16.9. The Morgan fingerprint density at radius 1 is 1.25 bits per heavy atom. The molecule has 2 aromatic carbocycles. The molecule has 124 valence electrons. The first kappa shape index (κ1) is 15.5. The maximum Gasteiger partial charge on any atom is 0.130 e. The van der Waals surface area contributed by atoms with E-state index in [1.54, 1.807) is 0 Å². The van der Waals surface area contributed by atoms with Crippen molar-refractivity contribution in [1.82, 2.24) is 4.98 Å². The summed E-state index contributed by atoms with van der Waals surface area (Å²) in [4.78, 5) is 3.33. The van der Waals surface area contributed by atoms with E-state index in [0.29, 0.717) is 12.0 Å². The highest BCUT2D eigenvalue weighted by Crippen LogP contribution is 2.48. The van der Waals surface area contributed by atoms with Gasteiger partial charge in [-0.25, -0.2) is 8.78 Å². The van der Waals surface area contributed by atoms with Crippen LogP contribution in [0.25, 0.3) is 10.9 Å². The Morgan fingerprint density at radius 3 is 2.88 bits per heavy atom. The fourth-order valence-corrected chi connectivity index (χ4v) is 4.42. The minimum atomic E-state index is -0.499. The first-order valence-electron chi connectivity index (χ1n) is 7.92. The number of para-hydroxylation sites is 1. The van der Waals surface area contributed by atoms with Gasteiger partial charge in [0.15, 0.2) is 0 Å². The lowest BCUT2D eigenvalue weighted by atomic mass is 9.77. The molecule has 1 aliphatic carbocycles. The fourth-order valence-electron chi connectivity index (χ4n) is 4.03. The molecule has 0 saturated heterocycles. The van der Waals surface area contributed by atoms with Crippen LogP contribution in [0.4, 0.5) is 14.5 Å². The second-order valence-electron chi connectivity index (χ2n) is 6.49. The zero-order valence-corrected chi connectivity index (χ0v) is 14.4. The third kappa shape index (κ3) is 2.14. The van der Waals surface area contributed by atoms with Crippen LogP contribution in [-0.4, -0.2) is 11.2 Å². The van der Waals surface area contributed by atoms with E-state index in [9.17, 15) is 8.78 Å². The van der Waals surface area contributed by atoms with E-state index in [0.717, 1.165) is 40.2 Å². The van der Waals surface area contributed by atoms with Crippen LogP contribution in [0.2, 0.25) is 0 Å². The lowest BCUT2D eigenvalue weighted by Crippen LogP contribution is -2.21. The van der Waals surface area contributed by atoms with Crippen LogP contribution >= 0.6 is 11.9 Å². The van der Waals surface area contributed by atoms with Gasteiger partial charge < -0.3 is 9.71 Å². The van der Waals surface area contributed by atoms with Crippen LogP contribution in [0, 0.1) is 11.6 Å². The molecule has 1 aromatic heterocycles. The highest BCUT2D eigenvalue weighted by atomic mass is 32.2. The van der Waals surface area contributed by atoms with E-state index in [1.807, 2.05) is 24.6 Å². The average molecular weight is 344 g/mol. The van der Waals surface area contributed by atoms with Gasteiger partial charge in [0.2, 0.25) is 0 Å². The molecule has 5 heteroatoms. The summed E-state index contributed by atoms with van der Waals surface area (Å²) >= 11 is 1.53. The normalized spacial score (nSPS) is 19.7. The van der Waals surface area contributed by atoms with E-state index in [-0.39, 0.29) is 0 Å². The monoisotopic (exact) mass is 344 g/mol. The molecule has 1 unspecified atom stereocenters. The van der Waals surface area contributed by atoms with Crippen molar-refractivity contribution < 1.29 is 8.78 Å². The van der Waals surface area contributed by atoms with Gasteiger partial charge in [-0.3, -0.25) is 0 Å². The van der Waals surface area contributed by atoms with Gasteiger partial charge in [-0.05, 0) is 36.1 Å². The summed E-state index contributed by atoms with van der Waals surface area (Å²) in [5.41, 5.74) is 4.04. The van der Waals surface area contributed by atoms with E-state index in [1.165, 1.54) is 18.0 Å². The van der Waals surface area contributed by atoms with Crippen LogP contribution in [0.5, 0.6) is 0 Å². The molecule has 2 nitrogen and oxygen atoms in total. The second kappa shape index (κ2) is 5.52. The summed E-state index contributed by atoms with van der Waals surface area (Å²) in [7, 11) is 0. The molecule has 1 heterocycles. The smallest absolute Gasteiger partial charge is 0.130 e. The molecule has 24 heavy (non-hydrogen) atoms. The molecule has 0 saturated carbocycles. The molecule has 1 atom stereocenters. The molecule has 3 aromatic rings. The lowest BCUT2D eigenvalue weighted by Gasteiger charge is -2.26. The Balaban J connectivity index is 1.93. The Labute approximate surface area is 143 Å². The van der Waals surface area contributed by atoms with Gasteiger partial charge in [0.05, 0.1) is 11.2 Å². The molecule has 2 N–H and O–H groups in total. The number of aryl methyl sites for hydroxylation is 1. The highest BCUT2D eigenvalue weighted by Gasteiger charge is 2.40. The van der Waals surface area contributed by atoms with Crippen molar-refractivity contribution >= 4 is 28.5 Å². The van der Waals surface area contributed by atoms with Crippen LogP contribution < -0.4 is 4.72 Å². The summed E-state index contributed by atoms with van der Waals surface area (Å²) < 4.78 is 31.4. The first-order chi connectivity index (χ1) is 11.5. The number of halogens is 2. The molecular weight excluding hydrogens is 326 g/mol. The topological polar surface area (TPSA) is 27.8 Å².